The van der Waals surface area contributed by atoms with E-state index in [2.05, 4.69) is 4.74 Å². The quantitative estimate of drug-likeness (QED) is 0.810. The first-order chi connectivity index (χ1) is 11.8. The van der Waals surface area contributed by atoms with E-state index in [1.165, 1.54) is 4.90 Å². The van der Waals surface area contributed by atoms with E-state index >= 15 is 0 Å². The third-order valence-electron chi connectivity index (χ3n) is 4.02. The zero-order valence-electron chi connectivity index (χ0n) is 14.0. The summed E-state index contributed by atoms with van der Waals surface area (Å²) in [6.07, 6.45) is -3.55. The highest BCUT2D eigenvalue weighted by Gasteiger charge is 2.29. The molecule has 1 aromatic carbocycles. The summed E-state index contributed by atoms with van der Waals surface area (Å²) in [6, 6.07) is 7.38. The monoisotopic (exact) mass is 358 g/mol. The van der Waals surface area contributed by atoms with Crippen LogP contribution in [-0.2, 0) is 16.0 Å². The summed E-state index contributed by atoms with van der Waals surface area (Å²) in [5.74, 6) is -0.605. The number of piperazine rings is 1. The maximum Gasteiger partial charge on any atom is 0.411 e. The van der Waals surface area contributed by atoms with E-state index < -0.39 is 25.3 Å². The predicted octanol–water partition coefficient (Wildman–Crippen LogP) is 2.11. The van der Waals surface area contributed by atoms with Crippen LogP contribution in [0.25, 0.3) is 0 Å². The number of hydrogen-bond donors (Lipinski definition) is 0. The molecule has 138 valence electrons. The van der Waals surface area contributed by atoms with Gasteiger partial charge in [0, 0.05) is 31.7 Å². The Kier molecular flexibility index (Phi) is 6.41. The van der Waals surface area contributed by atoms with Crippen molar-refractivity contribution < 1.29 is 27.5 Å². The molecular weight excluding hydrogens is 337 g/mol. The molecule has 0 unspecified atom stereocenters. The second kappa shape index (κ2) is 8.33. The van der Waals surface area contributed by atoms with Gasteiger partial charge in [-0.05, 0) is 24.1 Å². The summed E-state index contributed by atoms with van der Waals surface area (Å²) in [5, 5.41) is 0. The number of halogens is 3. The van der Waals surface area contributed by atoms with Gasteiger partial charge in [-0.3, -0.25) is 9.59 Å². The minimum Gasteiger partial charge on any atom is -0.362 e. The Bertz CT molecular complexity index is 594. The topological polar surface area (TPSA) is 49.9 Å². The fraction of sp³-hybridized carbons (Fsp3) is 0.529. The number of benzene rings is 1. The van der Waals surface area contributed by atoms with Crippen molar-refractivity contribution >= 4 is 11.8 Å². The van der Waals surface area contributed by atoms with Gasteiger partial charge in [0.15, 0.2) is 0 Å². The van der Waals surface area contributed by atoms with Crippen LogP contribution in [0.5, 0.6) is 0 Å². The standard InChI is InChI=1S/C17H21F3N2O3/c1-2-13-3-5-14(6-4-13)16(24)22-9-7-21(8-10-22)15(23)11-25-12-17(18,19)20/h3-6H,2,7-12H2,1H3. The number of ether oxygens (including phenoxy) is 1. The Labute approximate surface area is 144 Å². The molecule has 0 N–H and O–H groups in total. The third kappa shape index (κ3) is 5.74. The van der Waals surface area contributed by atoms with Crippen molar-refractivity contribution in [1.29, 1.82) is 0 Å². The normalized spacial score (nSPS) is 15.4. The van der Waals surface area contributed by atoms with Crippen molar-refractivity contribution in [2.45, 2.75) is 19.5 Å². The first-order valence-electron chi connectivity index (χ1n) is 8.10. The van der Waals surface area contributed by atoms with E-state index in [0.29, 0.717) is 18.7 Å². The highest BCUT2D eigenvalue weighted by Crippen LogP contribution is 2.15. The van der Waals surface area contributed by atoms with Gasteiger partial charge in [0.05, 0.1) is 0 Å². The molecule has 0 aliphatic carbocycles. The van der Waals surface area contributed by atoms with Crippen LogP contribution >= 0.6 is 0 Å². The van der Waals surface area contributed by atoms with Gasteiger partial charge in [-0.1, -0.05) is 19.1 Å². The van der Waals surface area contributed by atoms with Crippen LogP contribution in [0.3, 0.4) is 0 Å². The maximum absolute atomic E-state index is 12.4. The lowest BCUT2D eigenvalue weighted by Crippen LogP contribution is -2.51. The maximum atomic E-state index is 12.4. The molecule has 0 saturated carbocycles. The Morgan fingerprint density at radius 3 is 2.12 bits per heavy atom. The highest BCUT2D eigenvalue weighted by atomic mass is 19.4. The molecular formula is C17H21F3N2O3. The van der Waals surface area contributed by atoms with Crippen molar-refractivity contribution in [1.82, 2.24) is 9.80 Å². The van der Waals surface area contributed by atoms with Gasteiger partial charge in [0.25, 0.3) is 5.91 Å². The van der Waals surface area contributed by atoms with Gasteiger partial charge < -0.3 is 14.5 Å². The molecule has 1 fully saturated rings. The minimum absolute atomic E-state index is 0.108. The van der Waals surface area contributed by atoms with Gasteiger partial charge in [-0.15, -0.1) is 0 Å². The Balaban J connectivity index is 1.80. The molecule has 1 saturated heterocycles. The van der Waals surface area contributed by atoms with E-state index in [1.54, 1.807) is 17.0 Å². The predicted molar refractivity (Wildman–Crippen MR) is 85.2 cm³/mol. The average molecular weight is 358 g/mol. The van der Waals surface area contributed by atoms with Crippen LogP contribution in [0.2, 0.25) is 0 Å². The number of alkyl halides is 3. The molecule has 0 aromatic heterocycles. The average Bonchev–Trinajstić information content (AvgIpc) is 2.60. The third-order valence-corrected chi connectivity index (χ3v) is 4.02. The summed E-state index contributed by atoms with van der Waals surface area (Å²) in [4.78, 5) is 27.3. The molecule has 1 aliphatic heterocycles. The van der Waals surface area contributed by atoms with Gasteiger partial charge in [-0.2, -0.15) is 13.2 Å². The lowest BCUT2D eigenvalue weighted by atomic mass is 10.1. The van der Waals surface area contributed by atoms with Crippen molar-refractivity contribution in [2.24, 2.45) is 0 Å². The molecule has 0 spiro atoms. The van der Waals surface area contributed by atoms with Gasteiger partial charge in [0.2, 0.25) is 5.91 Å². The van der Waals surface area contributed by atoms with Crippen LogP contribution in [0.4, 0.5) is 13.2 Å². The van der Waals surface area contributed by atoms with Gasteiger partial charge in [0.1, 0.15) is 13.2 Å². The zero-order valence-corrected chi connectivity index (χ0v) is 14.0. The number of amides is 2. The number of hydrogen-bond acceptors (Lipinski definition) is 3. The van der Waals surface area contributed by atoms with Crippen LogP contribution in [0, 0.1) is 0 Å². The van der Waals surface area contributed by atoms with Crippen LogP contribution < -0.4 is 0 Å². The summed E-state index contributed by atoms with van der Waals surface area (Å²) < 4.78 is 40.4. The smallest absolute Gasteiger partial charge is 0.362 e. The lowest BCUT2D eigenvalue weighted by molar-refractivity contribution is -0.178. The van der Waals surface area contributed by atoms with E-state index in [9.17, 15) is 22.8 Å². The van der Waals surface area contributed by atoms with Gasteiger partial charge >= 0.3 is 6.18 Å². The zero-order chi connectivity index (χ0) is 18.4. The largest absolute Gasteiger partial charge is 0.411 e. The number of carbonyl (C=O) groups excluding carboxylic acids is 2. The van der Waals surface area contributed by atoms with Crippen molar-refractivity contribution in [2.75, 3.05) is 39.4 Å². The Morgan fingerprint density at radius 2 is 1.60 bits per heavy atom. The molecule has 25 heavy (non-hydrogen) atoms. The van der Waals surface area contributed by atoms with Gasteiger partial charge in [-0.25, -0.2) is 0 Å². The molecule has 5 nitrogen and oxygen atoms in total. The van der Waals surface area contributed by atoms with E-state index in [-0.39, 0.29) is 19.0 Å². The molecule has 0 bridgehead atoms. The van der Waals surface area contributed by atoms with Crippen molar-refractivity contribution in [3.63, 3.8) is 0 Å². The van der Waals surface area contributed by atoms with E-state index in [4.69, 9.17) is 0 Å². The first kappa shape index (κ1) is 19.2. The van der Waals surface area contributed by atoms with Crippen LogP contribution in [-0.4, -0.2) is 67.2 Å². The second-order valence-electron chi connectivity index (χ2n) is 5.83. The molecule has 1 heterocycles. The Hall–Kier alpha value is -2.09. The SMILES string of the molecule is CCc1ccc(C(=O)N2CCN(C(=O)COCC(F)(F)F)CC2)cc1. The highest BCUT2D eigenvalue weighted by molar-refractivity contribution is 5.94. The first-order valence-corrected chi connectivity index (χ1v) is 8.10. The molecule has 2 rings (SSSR count). The van der Waals surface area contributed by atoms with Crippen molar-refractivity contribution in [3.05, 3.63) is 35.4 Å². The van der Waals surface area contributed by atoms with E-state index in [0.717, 1.165) is 12.0 Å². The molecule has 2 amide bonds. The van der Waals surface area contributed by atoms with Crippen LogP contribution in [0.1, 0.15) is 22.8 Å². The number of carbonyl (C=O) groups is 2. The fourth-order valence-electron chi connectivity index (χ4n) is 2.57. The number of rotatable bonds is 5. The lowest BCUT2D eigenvalue weighted by Gasteiger charge is -2.34. The molecule has 1 aliphatic rings. The summed E-state index contributed by atoms with van der Waals surface area (Å²) in [5.41, 5.74) is 1.73. The van der Waals surface area contributed by atoms with E-state index in [1.807, 2.05) is 19.1 Å². The summed E-state index contributed by atoms with van der Waals surface area (Å²) in [7, 11) is 0. The summed E-state index contributed by atoms with van der Waals surface area (Å²) >= 11 is 0. The summed E-state index contributed by atoms with van der Waals surface area (Å²) in [6.45, 7) is 1.25. The molecule has 8 heteroatoms. The molecule has 0 atom stereocenters. The number of nitrogens with zero attached hydrogens (tertiary/aromatic N) is 2. The molecule has 0 radical (unpaired) electrons. The van der Waals surface area contributed by atoms with Crippen molar-refractivity contribution in [3.8, 4) is 0 Å². The number of aryl methyl sites for hydroxylation is 1. The Morgan fingerprint density at radius 1 is 1.04 bits per heavy atom. The van der Waals surface area contributed by atoms with Crippen LogP contribution in [0.15, 0.2) is 24.3 Å². The minimum atomic E-state index is -4.45. The molecule has 1 aromatic rings. The fourth-order valence-corrected chi connectivity index (χ4v) is 2.57. The second-order valence-corrected chi connectivity index (χ2v) is 5.83.